The fourth-order valence-corrected chi connectivity index (χ4v) is 4.83. The van der Waals surface area contributed by atoms with Crippen LogP contribution in [-0.2, 0) is 16.2 Å². The van der Waals surface area contributed by atoms with Gasteiger partial charge in [0.15, 0.2) is 11.5 Å². The van der Waals surface area contributed by atoms with Crippen molar-refractivity contribution in [1.29, 1.82) is 0 Å². The Morgan fingerprint density at radius 3 is 2.53 bits per heavy atom. The third-order valence-electron chi connectivity index (χ3n) is 5.47. The quantitative estimate of drug-likeness (QED) is 0.256. The van der Waals surface area contributed by atoms with Crippen LogP contribution in [0.3, 0.4) is 0 Å². The highest BCUT2D eigenvalue weighted by Gasteiger charge is 2.32. The molecule has 38 heavy (non-hydrogen) atoms. The molecule has 200 valence electrons. The fraction of sp³-hybridized carbons (Fsp3) is 0.208. The molecule has 0 saturated carbocycles. The Bertz CT molecular complexity index is 1650. The predicted octanol–water partition coefficient (Wildman–Crippen LogP) is 5.63. The molecule has 0 atom stereocenters. The Balaban J connectivity index is 1.62. The highest BCUT2D eigenvalue weighted by Crippen LogP contribution is 2.34. The number of imidazole rings is 1. The van der Waals surface area contributed by atoms with Crippen molar-refractivity contribution in [2.45, 2.75) is 26.4 Å². The van der Waals surface area contributed by atoms with Gasteiger partial charge in [-0.15, -0.1) is 0 Å². The summed E-state index contributed by atoms with van der Waals surface area (Å²) in [4.78, 5) is 23.7. The van der Waals surface area contributed by atoms with Crippen LogP contribution in [0.15, 0.2) is 42.6 Å². The number of fused-ring (bicyclic) bond motifs is 1. The van der Waals surface area contributed by atoms with Gasteiger partial charge >= 0.3 is 6.18 Å². The number of hydrogen-bond acceptors (Lipinski definition) is 5. The fourth-order valence-electron chi connectivity index (χ4n) is 3.70. The Kier molecular flexibility index (Phi) is 7.10. The average Bonchev–Trinajstić information content (AvgIpc) is 3.24. The molecule has 0 radical (unpaired) electrons. The highest BCUT2D eigenvalue weighted by molar-refractivity contribution is 7.92. The molecule has 2 aromatic heterocycles. The SMILES string of the molecule is CCCS(=O)(=O)Nc1ccc(F)c(C(=O)Nc2cnc3nc(-c4ccc(C)c(C(F)(F)F)c4)[nH]c3c2)c1F. The van der Waals surface area contributed by atoms with Crippen LogP contribution in [0.1, 0.15) is 34.8 Å². The molecule has 0 saturated heterocycles. The smallest absolute Gasteiger partial charge is 0.337 e. The molecule has 0 aliphatic rings. The number of carbonyl (C=O) groups excluding carboxylic acids is 1. The first-order valence-corrected chi connectivity index (χ1v) is 12.8. The van der Waals surface area contributed by atoms with E-state index in [0.717, 1.165) is 24.4 Å². The summed E-state index contributed by atoms with van der Waals surface area (Å²) in [5.41, 5.74) is -1.89. The van der Waals surface area contributed by atoms with Crippen LogP contribution in [0, 0.1) is 18.6 Å². The minimum absolute atomic E-state index is 0.00615. The van der Waals surface area contributed by atoms with Crippen LogP contribution in [0.2, 0.25) is 0 Å². The van der Waals surface area contributed by atoms with Gasteiger partial charge in [-0.05, 0) is 43.2 Å². The number of sulfonamides is 1. The number of H-pyrrole nitrogens is 1. The van der Waals surface area contributed by atoms with Gasteiger partial charge in [-0.2, -0.15) is 13.2 Å². The molecule has 2 heterocycles. The number of carbonyl (C=O) groups is 1. The van der Waals surface area contributed by atoms with Crippen LogP contribution in [-0.4, -0.2) is 35.0 Å². The van der Waals surface area contributed by atoms with E-state index in [-0.39, 0.29) is 46.0 Å². The van der Waals surface area contributed by atoms with E-state index < -0.39 is 50.6 Å². The number of benzene rings is 2. The normalized spacial score (nSPS) is 12.1. The maximum atomic E-state index is 14.9. The van der Waals surface area contributed by atoms with Crippen LogP contribution in [0.25, 0.3) is 22.6 Å². The summed E-state index contributed by atoms with van der Waals surface area (Å²) in [5.74, 6) is -4.06. The molecule has 3 N–H and O–H groups in total. The van der Waals surface area contributed by atoms with Gasteiger partial charge in [0, 0.05) is 5.56 Å². The average molecular weight is 554 g/mol. The van der Waals surface area contributed by atoms with E-state index in [1.54, 1.807) is 6.92 Å². The predicted molar refractivity (Wildman–Crippen MR) is 131 cm³/mol. The molecule has 1 amide bonds. The van der Waals surface area contributed by atoms with Crippen LogP contribution in [0.4, 0.5) is 33.3 Å². The van der Waals surface area contributed by atoms with Gasteiger partial charge < -0.3 is 10.3 Å². The van der Waals surface area contributed by atoms with Crippen LogP contribution >= 0.6 is 0 Å². The lowest BCUT2D eigenvalue weighted by Crippen LogP contribution is -2.20. The van der Waals surface area contributed by atoms with Gasteiger partial charge in [0.1, 0.15) is 17.2 Å². The summed E-state index contributed by atoms with van der Waals surface area (Å²) in [6, 6.07) is 6.66. The van der Waals surface area contributed by atoms with E-state index in [1.165, 1.54) is 25.1 Å². The second kappa shape index (κ2) is 10.0. The van der Waals surface area contributed by atoms with E-state index in [2.05, 4.69) is 20.3 Å². The standard InChI is InChI=1S/C24H20F5N5O3S/c1-3-8-38(36,37)34-17-7-6-16(25)19(20(17)26)23(35)31-14-10-18-22(30-11-14)33-21(32-18)13-5-4-12(2)15(9-13)24(27,28)29/h4-7,9-11,34H,3,8H2,1-2H3,(H,31,35)(H,30,32,33). The summed E-state index contributed by atoms with van der Waals surface area (Å²) in [7, 11) is -3.91. The molecule has 0 bridgehead atoms. The van der Waals surface area contributed by atoms with E-state index in [9.17, 15) is 35.2 Å². The number of hydrogen-bond donors (Lipinski definition) is 3. The number of halogens is 5. The monoisotopic (exact) mass is 553 g/mol. The van der Waals surface area contributed by atoms with E-state index in [1.807, 2.05) is 4.72 Å². The van der Waals surface area contributed by atoms with E-state index in [4.69, 9.17) is 0 Å². The van der Waals surface area contributed by atoms with Crippen molar-refractivity contribution < 1.29 is 35.2 Å². The van der Waals surface area contributed by atoms with Crippen molar-refractivity contribution in [3.8, 4) is 11.4 Å². The molecule has 14 heteroatoms. The molecule has 4 aromatic rings. The summed E-state index contributed by atoms with van der Waals surface area (Å²) in [5, 5.41) is 2.28. The maximum absolute atomic E-state index is 14.9. The number of pyridine rings is 1. The van der Waals surface area contributed by atoms with Gasteiger partial charge in [-0.3, -0.25) is 9.52 Å². The number of nitrogens with one attached hydrogen (secondary N) is 3. The van der Waals surface area contributed by atoms with Gasteiger partial charge in [-0.1, -0.05) is 19.1 Å². The number of amides is 1. The van der Waals surface area contributed by atoms with Crippen molar-refractivity contribution >= 4 is 38.5 Å². The Morgan fingerprint density at radius 1 is 1.11 bits per heavy atom. The minimum atomic E-state index is -4.56. The maximum Gasteiger partial charge on any atom is 0.416 e. The topological polar surface area (TPSA) is 117 Å². The van der Waals surface area contributed by atoms with Gasteiger partial charge in [0.25, 0.3) is 5.91 Å². The summed E-state index contributed by atoms with van der Waals surface area (Å²) in [6.07, 6.45) is -3.16. The largest absolute Gasteiger partial charge is 0.416 e. The number of anilines is 2. The number of rotatable bonds is 7. The summed E-state index contributed by atoms with van der Waals surface area (Å²) < 4.78 is 95.1. The van der Waals surface area contributed by atoms with Crippen molar-refractivity contribution in [2.24, 2.45) is 0 Å². The molecule has 0 fully saturated rings. The second-order valence-corrected chi connectivity index (χ2v) is 10.2. The first kappa shape index (κ1) is 27.0. The highest BCUT2D eigenvalue weighted by atomic mass is 32.2. The minimum Gasteiger partial charge on any atom is -0.337 e. The molecule has 8 nitrogen and oxygen atoms in total. The van der Waals surface area contributed by atoms with E-state index >= 15 is 0 Å². The van der Waals surface area contributed by atoms with Gasteiger partial charge in [0.2, 0.25) is 10.0 Å². The Labute approximate surface area is 213 Å². The Hall–Kier alpha value is -4.07. The van der Waals surface area contributed by atoms with Gasteiger partial charge in [-0.25, -0.2) is 27.2 Å². The molecule has 2 aromatic carbocycles. The third-order valence-corrected chi connectivity index (χ3v) is 6.94. The lowest BCUT2D eigenvalue weighted by atomic mass is 10.0. The van der Waals surface area contributed by atoms with Crippen molar-refractivity contribution in [3.63, 3.8) is 0 Å². The summed E-state index contributed by atoms with van der Waals surface area (Å²) in [6.45, 7) is 2.94. The molecule has 0 spiro atoms. The Morgan fingerprint density at radius 2 is 1.84 bits per heavy atom. The number of nitrogens with zero attached hydrogens (tertiary/aromatic N) is 2. The zero-order valence-electron chi connectivity index (χ0n) is 19.9. The molecule has 4 rings (SSSR count). The molecular weight excluding hydrogens is 533 g/mol. The van der Waals surface area contributed by atoms with E-state index in [0.29, 0.717) is 0 Å². The molecule has 0 aliphatic carbocycles. The number of alkyl halides is 3. The molecular formula is C24H20F5N5O3S. The first-order chi connectivity index (χ1) is 17.8. The lowest BCUT2D eigenvalue weighted by molar-refractivity contribution is -0.138. The molecule has 0 aliphatic heterocycles. The zero-order chi connectivity index (χ0) is 27.8. The van der Waals surface area contributed by atoms with Crippen molar-refractivity contribution in [2.75, 3.05) is 15.8 Å². The van der Waals surface area contributed by atoms with Crippen LogP contribution in [0.5, 0.6) is 0 Å². The molecule has 0 unspecified atom stereocenters. The van der Waals surface area contributed by atoms with Crippen molar-refractivity contribution in [1.82, 2.24) is 15.0 Å². The number of aromatic nitrogens is 3. The first-order valence-electron chi connectivity index (χ1n) is 11.1. The van der Waals surface area contributed by atoms with Crippen molar-refractivity contribution in [3.05, 3.63) is 70.9 Å². The van der Waals surface area contributed by atoms with Crippen LogP contribution < -0.4 is 10.0 Å². The number of aryl methyl sites for hydroxylation is 1. The number of aromatic amines is 1. The lowest BCUT2D eigenvalue weighted by Gasteiger charge is -2.12. The second-order valence-electron chi connectivity index (χ2n) is 8.37. The third kappa shape index (κ3) is 5.59. The summed E-state index contributed by atoms with van der Waals surface area (Å²) >= 11 is 0. The zero-order valence-corrected chi connectivity index (χ0v) is 20.7. The van der Waals surface area contributed by atoms with Gasteiger partial charge in [0.05, 0.1) is 34.4 Å².